The Morgan fingerprint density at radius 1 is 0.836 bits per heavy atom. The van der Waals surface area contributed by atoms with Crippen molar-refractivity contribution in [3.63, 3.8) is 0 Å². The lowest BCUT2D eigenvalue weighted by Crippen LogP contribution is -2.58. The summed E-state index contributed by atoms with van der Waals surface area (Å²) in [6, 6.07) is 27.0. The van der Waals surface area contributed by atoms with E-state index in [4.69, 9.17) is 25.8 Å². The molecule has 7 rings (SSSR count). The van der Waals surface area contributed by atoms with Crippen molar-refractivity contribution in [2.24, 2.45) is 5.41 Å². The van der Waals surface area contributed by atoms with Crippen LogP contribution in [0.25, 0.3) is 21.6 Å². The number of aromatic nitrogens is 1. The molecular weight excluding hydrogens is 970 g/mol. The maximum atomic E-state index is 14.0. The van der Waals surface area contributed by atoms with Gasteiger partial charge in [-0.15, -0.1) is 11.3 Å². The molecule has 16 nitrogen and oxygen atoms in total. The number of halogens is 1. The summed E-state index contributed by atoms with van der Waals surface area (Å²) >= 11 is 7.70. The average Bonchev–Trinajstić information content (AvgIpc) is 3.99. The van der Waals surface area contributed by atoms with Crippen LogP contribution < -0.4 is 26.2 Å². The maximum absolute atomic E-state index is 14.0. The summed E-state index contributed by atoms with van der Waals surface area (Å²) in [6.45, 7) is 12.4. The second-order valence-electron chi connectivity index (χ2n) is 19.5. The number of β-amino-alcohol motifs (C(OH)–C–C–N with tert-alkyl or cyclic N) is 1. The zero-order chi connectivity index (χ0) is 52.2. The number of amides is 5. The van der Waals surface area contributed by atoms with Crippen LogP contribution in [-0.2, 0) is 39.9 Å². The van der Waals surface area contributed by atoms with Crippen molar-refractivity contribution in [2.45, 2.75) is 91.2 Å². The maximum Gasteiger partial charge on any atom is 0.251 e. The van der Waals surface area contributed by atoms with Crippen molar-refractivity contribution in [3.05, 3.63) is 124 Å². The van der Waals surface area contributed by atoms with E-state index in [2.05, 4.69) is 39.2 Å². The number of carbonyl (C=O) groups excluding carboxylic acids is 5. The van der Waals surface area contributed by atoms with Crippen LogP contribution in [0.15, 0.2) is 96.5 Å². The number of nitrogens with one attached hydrogen (secondary N) is 4. The molecule has 1 fully saturated rings. The average molecular weight is 1040 g/mol. The number of aryl methyl sites for hydroxylation is 1. The van der Waals surface area contributed by atoms with Gasteiger partial charge < -0.3 is 50.4 Å². The molecule has 5 N–H and O–H groups in total. The van der Waals surface area contributed by atoms with Gasteiger partial charge in [0, 0.05) is 61.0 Å². The van der Waals surface area contributed by atoms with Crippen LogP contribution in [0.5, 0.6) is 0 Å². The first kappa shape index (κ1) is 54.6. The van der Waals surface area contributed by atoms with Gasteiger partial charge in [-0.05, 0) is 102 Å². The number of hydrogen-bond donors (Lipinski definition) is 5. The van der Waals surface area contributed by atoms with Crippen molar-refractivity contribution in [1.29, 1.82) is 0 Å². The third-order valence-corrected chi connectivity index (χ3v) is 14.1. The van der Waals surface area contributed by atoms with Gasteiger partial charge in [0.1, 0.15) is 18.7 Å². The molecule has 3 heterocycles. The van der Waals surface area contributed by atoms with Gasteiger partial charge in [0.15, 0.2) is 0 Å². The number of carbonyl (C=O) groups is 5. The smallest absolute Gasteiger partial charge is 0.251 e. The molecule has 4 aromatic carbocycles. The van der Waals surface area contributed by atoms with Crippen LogP contribution in [0.2, 0.25) is 5.02 Å². The van der Waals surface area contributed by atoms with Crippen molar-refractivity contribution in [3.8, 4) is 21.6 Å². The lowest BCUT2D eigenvalue weighted by molar-refractivity contribution is -0.144. The Morgan fingerprint density at radius 2 is 1.49 bits per heavy atom. The zero-order valence-electron chi connectivity index (χ0n) is 42.2. The van der Waals surface area contributed by atoms with Gasteiger partial charge >= 0.3 is 0 Å². The van der Waals surface area contributed by atoms with E-state index in [1.165, 1.54) is 4.90 Å². The molecular formula is C55H66ClN7O9S. The molecule has 0 spiro atoms. The van der Waals surface area contributed by atoms with E-state index >= 15 is 0 Å². The van der Waals surface area contributed by atoms with Gasteiger partial charge in [0.25, 0.3) is 5.91 Å². The number of likely N-dealkylation sites (tertiary alicyclic amines) is 1. The summed E-state index contributed by atoms with van der Waals surface area (Å²) in [7, 11) is 0. The molecule has 0 aliphatic carbocycles. The molecule has 5 aromatic rings. The molecule has 2 aliphatic heterocycles. The third-order valence-electron chi connectivity index (χ3n) is 12.9. The van der Waals surface area contributed by atoms with E-state index in [0.717, 1.165) is 56.2 Å². The van der Waals surface area contributed by atoms with Crippen molar-refractivity contribution >= 4 is 63.8 Å². The summed E-state index contributed by atoms with van der Waals surface area (Å²) in [5, 5.41) is 23.4. The molecule has 2 aliphatic rings. The SMILES string of the molecule is CC(=O)N1c2ccc(-c3ccc(C(=O)NCCOCCOCCOCC(=O)N[C@H](C(=O)N4C[C@H](O)C[C@@H]4C(=O)NCc4ccc(-c5scnc5C)cc4)C(C)(C)C)cc3)cc2[C@H](Nc2ccc(Cl)cc2)C[C@@H]1C. The monoisotopic (exact) mass is 1040 g/mol. The number of benzene rings is 4. The minimum Gasteiger partial charge on any atom is -0.391 e. The van der Waals surface area contributed by atoms with Gasteiger partial charge in [-0.3, -0.25) is 24.0 Å². The second kappa shape index (κ2) is 25.1. The Hall–Kier alpha value is -6.21. The number of hydrogen-bond acceptors (Lipinski definition) is 12. The van der Waals surface area contributed by atoms with E-state index in [0.29, 0.717) is 17.1 Å². The summed E-state index contributed by atoms with van der Waals surface area (Å²) < 4.78 is 16.8. The second-order valence-corrected chi connectivity index (χ2v) is 20.8. The fraction of sp³-hybridized carbons (Fsp3) is 0.418. The fourth-order valence-corrected chi connectivity index (χ4v) is 10.1. The highest BCUT2D eigenvalue weighted by Crippen LogP contribution is 2.41. The highest BCUT2D eigenvalue weighted by Gasteiger charge is 2.44. The van der Waals surface area contributed by atoms with Crippen LogP contribution in [0.1, 0.15) is 80.7 Å². The van der Waals surface area contributed by atoms with Crippen LogP contribution in [0.4, 0.5) is 11.4 Å². The highest BCUT2D eigenvalue weighted by molar-refractivity contribution is 7.13. The molecule has 0 bridgehead atoms. The number of aliphatic hydroxyl groups excluding tert-OH is 1. The fourth-order valence-electron chi connectivity index (χ4n) is 9.15. The van der Waals surface area contributed by atoms with Crippen molar-refractivity contribution in [1.82, 2.24) is 25.8 Å². The number of anilines is 2. The number of fused-ring (bicyclic) bond motifs is 1. The lowest BCUT2D eigenvalue weighted by Gasteiger charge is -2.39. The van der Waals surface area contributed by atoms with E-state index in [1.54, 1.807) is 30.4 Å². The summed E-state index contributed by atoms with van der Waals surface area (Å²) in [5.41, 5.74) is 9.21. The predicted octanol–water partition coefficient (Wildman–Crippen LogP) is 7.33. The zero-order valence-corrected chi connectivity index (χ0v) is 43.8. The standard InChI is InChI=1S/C55H66ClN7O9S/c1-34-27-46(60-43-18-16-42(56)17-19-43)45-28-41(15-20-47(45)63(34)36(3)64)38-11-13-40(14-12-38)52(67)57-21-22-70-23-24-71-25-26-72-32-49(66)61-51(55(4,5)6)54(69)62-31-44(65)29-48(62)53(68)58-30-37-7-9-39(10-8-37)50-35(2)59-33-73-50/h7-20,28,33-34,44,46,48,51,60,65H,21-27,29-32H2,1-6H3,(H,57,67)(H,58,68)(H,61,66)/t34-,44+,46+,48+,51+/m0/s1. The van der Waals surface area contributed by atoms with Crippen molar-refractivity contribution in [2.75, 3.05) is 62.9 Å². The number of ether oxygens (including phenoxy) is 3. The number of aliphatic hydroxyl groups is 1. The van der Waals surface area contributed by atoms with Crippen LogP contribution >= 0.6 is 22.9 Å². The number of nitrogens with zero attached hydrogens (tertiary/aromatic N) is 3. The van der Waals surface area contributed by atoms with E-state index in [1.807, 2.05) is 111 Å². The lowest BCUT2D eigenvalue weighted by atomic mass is 9.85. The van der Waals surface area contributed by atoms with E-state index in [-0.39, 0.29) is 89.0 Å². The quantitative estimate of drug-likeness (QED) is 0.0461. The van der Waals surface area contributed by atoms with Crippen LogP contribution in [0.3, 0.4) is 0 Å². The van der Waals surface area contributed by atoms with Crippen LogP contribution in [0, 0.1) is 12.3 Å². The van der Waals surface area contributed by atoms with Gasteiger partial charge in [-0.25, -0.2) is 4.98 Å². The topological polar surface area (TPSA) is 201 Å². The minimum atomic E-state index is -0.984. The molecule has 0 unspecified atom stereocenters. The Bertz CT molecular complexity index is 2700. The Morgan fingerprint density at radius 3 is 2.15 bits per heavy atom. The Kier molecular flexibility index (Phi) is 18.8. The molecule has 18 heteroatoms. The molecule has 1 aromatic heterocycles. The normalized spacial score (nSPS) is 17.9. The summed E-state index contributed by atoms with van der Waals surface area (Å²) in [4.78, 5) is 74.7. The third kappa shape index (κ3) is 14.5. The van der Waals surface area contributed by atoms with Crippen molar-refractivity contribution < 1.29 is 43.3 Å². The molecule has 388 valence electrons. The molecule has 1 saturated heterocycles. The highest BCUT2D eigenvalue weighted by atomic mass is 35.5. The van der Waals surface area contributed by atoms with E-state index in [9.17, 15) is 29.1 Å². The first-order chi connectivity index (χ1) is 35.0. The minimum absolute atomic E-state index is 0.00621. The number of thiazole rings is 1. The molecule has 5 atom stereocenters. The largest absolute Gasteiger partial charge is 0.391 e. The molecule has 5 amide bonds. The number of rotatable bonds is 21. The predicted molar refractivity (Wildman–Crippen MR) is 283 cm³/mol. The first-order valence-electron chi connectivity index (χ1n) is 24.6. The van der Waals surface area contributed by atoms with Gasteiger partial charge in [-0.1, -0.05) is 74.8 Å². The molecule has 73 heavy (non-hydrogen) atoms. The molecule has 0 radical (unpaired) electrons. The van der Waals surface area contributed by atoms with E-state index < -0.39 is 35.4 Å². The van der Waals surface area contributed by atoms with Gasteiger partial charge in [-0.2, -0.15) is 0 Å². The summed E-state index contributed by atoms with van der Waals surface area (Å²) in [6.07, 6.45) is -0.0721. The summed E-state index contributed by atoms with van der Waals surface area (Å²) in [5.74, 6) is -1.58. The Balaban J connectivity index is 0.779. The van der Waals surface area contributed by atoms with Crippen LogP contribution in [-0.4, -0.2) is 121 Å². The first-order valence-corrected chi connectivity index (χ1v) is 25.8. The van der Waals surface area contributed by atoms with Gasteiger partial charge in [0.05, 0.1) is 61.3 Å². The molecule has 0 saturated carbocycles. The Labute approximate surface area is 436 Å². The van der Waals surface area contributed by atoms with Gasteiger partial charge in [0.2, 0.25) is 23.6 Å².